The summed E-state index contributed by atoms with van der Waals surface area (Å²) in [4.78, 5) is 1.91. The lowest BCUT2D eigenvalue weighted by Crippen LogP contribution is -2.10. The zero-order valence-electron chi connectivity index (χ0n) is 8.94. The van der Waals surface area contributed by atoms with Gasteiger partial charge in [0.2, 0.25) is 0 Å². The van der Waals surface area contributed by atoms with Crippen LogP contribution < -0.4 is 10.2 Å². The van der Waals surface area contributed by atoms with Crippen molar-refractivity contribution in [2.75, 3.05) is 24.3 Å². The molecule has 4 nitrogen and oxygen atoms in total. The molecule has 1 heterocycles. The number of hydrogen-bond donors (Lipinski definition) is 1. The number of benzene rings is 1. The van der Waals surface area contributed by atoms with Crippen LogP contribution in [0.3, 0.4) is 0 Å². The highest BCUT2D eigenvalue weighted by molar-refractivity contribution is 6.99. The molecule has 6 heteroatoms. The Bertz CT molecular complexity index is 483. The van der Waals surface area contributed by atoms with E-state index in [-0.39, 0.29) is 0 Å². The second kappa shape index (κ2) is 4.67. The van der Waals surface area contributed by atoms with Gasteiger partial charge in [-0.2, -0.15) is 8.75 Å². The predicted molar refractivity (Wildman–Crippen MR) is 69.0 cm³/mol. The molecule has 0 aliphatic carbocycles. The summed E-state index contributed by atoms with van der Waals surface area (Å²) < 4.78 is 8.39. The van der Waals surface area contributed by atoms with Gasteiger partial charge in [0.25, 0.3) is 0 Å². The summed E-state index contributed by atoms with van der Waals surface area (Å²) in [6.07, 6.45) is 0. The van der Waals surface area contributed by atoms with Crippen LogP contribution >= 0.6 is 23.3 Å². The van der Waals surface area contributed by atoms with E-state index in [0.29, 0.717) is 5.02 Å². The van der Waals surface area contributed by atoms with Gasteiger partial charge in [0, 0.05) is 24.8 Å². The summed E-state index contributed by atoms with van der Waals surface area (Å²) in [6, 6.07) is 7.50. The Morgan fingerprint density at radius 2 is 2.12 bits per heavy atom. The first-order chi connectivity index (χ1) is 7.66. The van der Waals surface area contributed by atoms with Crippen molar-refractivity contribution in [3.05, 3.63) is 29.3 Å². The third kappa shape index (κ3) is 2.43. The Morgan fingerprint density at radius 1 is 1.31 bits per heavy atom. The Labute approximate surface area is 103 Å². The molecule has 16 heavy (non-hydrogen) atoms. The van der Waals surface area contributed by atoms with Gasteiger partial charge in [-0.05, 0) is 18.2 Å². The monoisotopic (exact) mass is 254 g/mol. The average Bonchev–Trinajstić information content (AvgIpc) is 2.66. The van der Waals surface area contributed by atoms with Gasteiger partial charge in [0.1, 0.15) is 0 Å². The summed E-state index contributed by atoms with van der Waals surface area (Å²) >= 11 is 7.08. The quantitative estimate of drug-likeness (QED) is 0.914. The van der Waals surface area contributed by atoms with E-state index in [9.17, 15) is 0 Å². The second-order valence-corrected chi connectivity index (χ2v) is 4.43. The van der Waals surface area contributed by atoms with Crippen LogP contribution in [0.25, 0.3) is 0 Å². The molecule has 0 spiro atoms. The predicted octanol–water partition coefficient (Wildman–Crippen LogP) is 3.00. The Morgan fingerprint density at radius 3 is 2.81 bits per heavy atom. The van der Waals surface area contributed by atoms with E-state index in [2.05, 4.69) is 14.1 Å². The minimum Gasteiger partial charge on any atom is -0.359 e. The molecule has 0 amide bonds. The van der Waals surface area contributed by atoms with E-state index in [0.717, 1.165) is 17.3 Å². The number of rotatable bonds is 3. The number of nitrogens with one attached hydrogen (secondary N) is 1. The largest absolute Gasteiger partial charge is 0.359 e. The van der Waals surface area contributed by atoms with Crippen molar-refractivity contribution in [1.29, 1.82) is 0 Å². The molecule has 0 bridgehead atoms. The van der Waals surface area contributed by atoms with Crippen LogP contribution in [0.1, 0.15) is 0 Å². The van der Waals surface area contributed by atoms with Gasteiger partial charge in [-0.1, -0.05) is 17.7 Å². The molecule has 0 aliphatic heterocycles. The fourth-order valence-electron chi connectivity index (χ4n) is 1.26. The normalized spacial score (nSPS) is 10.2. The van der Waals surface area contributed by atoms with Gasteiger partial charge < -0.3 is 10.2 Å². The number of aromatic nitrogens is 2. The van der Waals surface area contributed by atoms with E-state index < -0.39 is 0 Å². The van der Waals surface area contributed by atoms with Gasteiger partial charge in [0.15, 0.2) is 11.6 Å². The summed E-state index contributed by atoms with van der Waals surface area (Å²) in [7, 11) is 3.86. The molecule has 1 N–H and O–H groups in total. The standard InChI is InChI=1S/C10H11ClN4S/c1-15(2)10-9(13-16-14-10)12-8-5-3-4-7(11)6-8/h3-6H,1-2H3,(H,12,13). The van der Waals surface area contributed by atoms with Crippen LogP contribution in [0.5, 0.6) is 0 Å². The van der Waals surface area contributed by atoms with Crippen LogP contribution in [0.2, 0.25) is 5.02 Å². The lowest BCUT2D eigenvalue weighted by molar-refractivity contribution is 1.10. The van der Waals surface area contributed by atoms with E-state index >= 15 is 0 Å². The maximum absolute atomic E-state index is 5.90. The van der Waals surface area contributed by atoms with Crippen molar-refractivity contribution >= 4 is 40.7 Å². The number of nitrogens with zero attached hydrogens (tertiary/aromatic N) is 3. The summed E-state index contributed by atoms with van der Waals surface area (Å²) in [6.45, 7) is 0. The topological polar surface area (TPSA) is 41.1 Å². The minimum atomic E-state index is 0.694. The molecule has 2 aromatic rings. The molecule has 0 radical (unpaired) electrons. The highest BCUT2D eigenvalue weighted by atomic mass is 35.5. The highest BCUT2D eigenvalue weighted by Gasteiger charge is 2.09. The molecule has 0 atom stereocenters. The molecule has 2 rings (SSSR count). The average molecular weight is 255 g/mol. The molecule has 1 aromatic heterocycles. The van der Waals surface area contributed by atoms with Crippen LogP contribution in [-0.2, 0) is 0 Å². The molecule has 0 fully saturated rings. The summed E-state index contributed by atoms with van der Waals surface area (Å²) in [5, 5.41) is 3.88. The van der Waals surface area contributed by atoms with Gasteiger partial charge >= 0.3 is 0 Å². The van der Waals surface area contributed by atoms with Crippen molar-refractivity contribution < 1.29 is 0 Å². The maximum atomic E-state index is 5.90. The molecule has 84 valence electrons. The third-order valence-corrected chi connectivity index (χ3v) is 2.74. The van der Waals surface area contributed by atoms with Crippen molar-refractivity contribution in [2.45, 2.75) is 0 Å². The molecule has 0 unspecified atom stereocenters. The first-order valence-corrected chi connectivity index (χ1v) is 5.80. The van der Waals surface area contributed by atoms with Crippen LogP contribution in [0.15, 0.2) is 24.3 Å². The van der Waals surface area contributed by atoms with Crippen molar-refractivity contribution in [3.8, 4) is 0 Å². The summed E-state index contributed by atoms with van der Waals surface area (Å²) in [5.41, 5.74) is 0.906. The molecule has 0 saturated heterocycles. The number of hydrogen-bond acceptors (Lipinski definition) is 5. The lowest BCUT2D eigenvalue weighted by atomic mass is 10.3. The third-order valence-electron chi connectivity index (χ3n) is 1.98. The van der Waals surface area contributed by atoms with Crippen molar-refractivity contribution in [3.63, 3.8) is 0 Å². The molecular weight excluding hydrogens is 244 g/mol. The minimum absolute atomic E-state index is 0.694. The fourth-order valence-corrected chi connectivity index (χ4v) is 2.03. The molecule has 0 saturated carbocycles. The first-order valence-electron chi connectivity index (χ1n) is 4.69. The van der Waals surface area contributed by atoms with Gasteiger partial charge in [-0.25, -0.2) is 0 Å². The molecule has 0 aliphatic rings. The molecule has 1 aromatic carbocycles. The highest BCUT2D eigenvalue weighted by Crippen LogP contribution is 2.26. The van der Waals surface area contributed by atoms with E-state index in [1.54, 1.807) is 0 Å². The molecular formula is C10H11ClN4S. The number of halogens is 1. The van der Waals surface area contributed by atoms with Crippen molar-refractivity contribution in [2.24, 2.45) is 0 Å². The SMILES string of the molecule is CN(C)c1nsnc1Nc1cccc(Cl)c1. The second-order valence-electron chi connectivity index (χ2n) is 3.47. The van der Waals surface area contributed by atoms with Gasteiger partial charge in [-0.15, -0.1) is 0 Å². The van der Waals surface area contributed by atoms with Crippen LogP contribution in [0.4, 0.5) is 17.3 Å². The van der Waals surface area contributed by atoms with Crippen LogP contribution in [0, 0.1) is 0 Å². The Kier molecular flexibility index (Phi) is 3.26. The first kappa shape index (κ1) is 11.2. The fraction of sp³-hybridized carbons (Fsp3) is 0.200. The lowest BCUT2D eigenvalue weighted by Gasteiger charge is -2.11. The van der Waals surface area contributed by atoms with E-state index in [1.807, 2.05) is 43.3 Å². The summed E-state index contributed by atoms with van der Waals surface area (Å²) in [5.74, 6) is 1.57. The Balaban J connectivity index is 2.24. The zero-order valence-corrected chi connectivity index (χ0v) is 10.5. The Hall–Kier alpha value is -1.33. The maximum Gasteiger partial charge on any atom is 0.188 e. The van der Waals surface area contributed by atoms with Crippen molar-refractivity contribution in [1.82, 2.24) is 8.75 Å². The van der Waals surface area contributed by atoms with E-state index in [4.69, 9.17) is 11.6 Å². The van der Waals surface area contributed by atoms with Gasteiger partial charge in [0.05, 0.1) is 11.7 Å². The zero-order chi connectivity index (χ0) is 11.5. The van der Waals surface area contributed by atoms with Crippen LogP contribution in [-0.4, -0.2) is 22.8 Å². The van der Waals surface area contributed by atoms with E-state index in [1.165, 1.54) is 11.7 Å². The number of anilines is 3. The smallest absolute Gasteiger partial charge is 0.188 e. The van der Waals surface area contributed by atoms with Gasteiger partial charge in [-0.3, -0.25) is 0 Å².